The summed E-state index contributed by atoms with van der Waals surface area (Å²) in [5.41, 5.74) is -0.871. The second kappa shape index (κ2) is 3.82. The van der Waals surface area contributed by atoms with Crippen molar-refractivity contribution in [1.29, 1.82) is 0 Å². The summed E-state index contributed by atoms with van der Waals surface area (Å²) in [5, 5.41) is 0. The summed E-state index contributed by atoms with van der Waals surface area (Å²) in [7, 11) is 0. The molecule has 1 saturated carbocycles. The highest BCUT2D eigenvalue weighted by molar-refractivity contribution is 5.97. The highest BCUT2D eigenvalue weighted by Crippen LogP contribution is 2.42. The molecule has 1 saturated heterocycles. The van der Waals surface area contributed by atoms with Crippen LogP contribution in [0.2, 0.25) is 0 Å². The Morgan fingerprint density at radius 1 is 1.29 bits per heavy atom. The first-order valence-electron chi connectivity index (χ1n) is 6.35. The Morgan fingerprint density at radius 2 is 2.06 bits per heavy atom. The van der Waals surface area contributed by atoms with Crippen LogP contribution in [0.3, 0.4) is 0 Å². The van der Waals surface area contributed by atoms with Gasteiger partial charge in [-0.1, -0.05) is 6.42 Å². The molecule has 17 heavy (non-hydrogen) atoms. The van der Waals surface area contributed by atoms with E-state index in [1.165, 1.54) is 18.8 Å². The van der Waals surface area contributed by atoms with Gasteiger partial charge in [0, 0.05) is 18.9 Å². The van der Waals surface area contributed by atoms with Crippen molar-refractivity contribution in [2.24, 2.45) is 0 Å². The number of ether oxygens (including phenoxy) is 3. The number of hydrogen-bond acceptors (Lipinski definition) is 4. The molecule has 2 heterocycles. The van der Waals surface area contributed by atoms with Gasteiger partial charge in [-0.25, -0.2) is 0 Å². The largest absolute Gasteiger partial charge is 0.492 e. The average Bonchev–Trinajstić information content (AvgIpc) is 2.32. The quantitative estimate of drug-likeness (QED) is 0.647. The Kier molecular flexibility index (Phi) is 2.52. The lowest BCUT2D eigenvalue weighted by Gasteiger charge is -2.51. The number of carbonyl (C=O) groups excluding carboxylic acids is 1. The predicted molar refractivity (Wildman–Crippen MR) is 60.3 cm³/mol. The maximum absolute atomic E-state index is 12.0. The summed E-state index contributed by atoms with van der Waals surface area (Å²) in [6.45, 7) is 2.26. The minimum absolute atomic E-state index is 0.0120. The monoisotopic (exact) mass is 238 g/mol. The van der Waals surface area contributed by atoms with Crippen LogP contribution in [0, 0.1) is 0 Å². The molecule has 0 bridgehead atoms. The summed E-state index contributed by atoms with van der Waals surface area (Å²) < 4.78 is 17.4. The first-order valence-corrected chi connectivity index (χ1v) is 6.35. The summed E-state index contributed by atoms with van der Waals surface area (Å²) in [5.74, 6) is -0.560. The molecule has 0 aromatic rings. The molecule has 2 aliphatic heterocycles. The molecule has 0 amide bonds. The van der Waals surface area contributed by atoms with E-state index >= 15 is 0 Å². The molecular formula is C13H18O4. The van der Waals surface area contributed by atoms with E-state index in [1.54, 1.807) is 0 Å². The van der Waals surface area contributed by atoms with Crippen LogP contribution < -0.4 is 0 Å². The number of carbonyl (C=O) groups is 1. The second-order valence-electron chi connectivity index (χ2n) is 5.28. The van der Waals surface area contributed by atoms with Crippen LogP contribution in [0.15, 0.2) is 12.3 Å². The number of fused-ring (bicyclic) bond motifs is 1. The van der Waals surface area contributed by atoms with Crippen molar-refractivity contribution in [2.45, 2.75) is 56.5 Å². The first kappa shape index (κ1) is 11.2. The van der Waals surface area contributed by atoms with Crippen molar-refractivity contribution in [2.75, 3.05) is 6.61 Å². The van der Waals surface area contributed by atoms with Gasteiger partial charge in [-0.3, -0.25) is 4.79 Å². The lowest BCUT2D eigenvalue weighted by atomic mass is 9.86. The van der Waals surface area contributed by atoms with Crippen LogP contribution in [0.25, 0.3) is 0 Å². The molecule has 3 aliphatic rings. The van der Waals surface area contributed by atoms with Crippen LogP contribution >= 0.6 is 0 Å². The molecule has 1 unspecified atom stereocenters. The second-order valence-corrected chi connectivity index (χ2v) is 5.28. The minimum atomic E-state index is -0.871. The van der Waals surface area contributed by atoms with Gasteiger partial charge in [0.1, 0.15) is 0 Å². The van der Waals surface area contributed by atoms with E-state index in [0.717, 1.165) is 25.7 Å². The van der Waals surface area contributed by atoms with Gasteiger partial charge in [0.2, 0.25) is 0 Å². The molecule has 94 valence electrons. The predicted octanol–water partition coefficient (Wildman–Crippen LogP) is 1.93. The maximum atomic E-state index is 12.0. The van der Waals surface area contributed by atoms with Crippen LogP contribution in [0.4, 0.5) is 0 Å². The van der Waals surface area contributed by atoms with Crippen LogP contribution in [-0.2, 0) is 19.0 Å². The summed E-state index contributed by atoms with van der Waals surface area (Å²) in [4.78, 5) is 12.0. The fourth-order valence-corrected chi connectivity index (χ4v) is 2.94. The molecule has 0 aromatic carbocycles. The molecule has 0 N–H and O–H groups in total. The highest BCUT2D eigenvalue weighted by Gasteiger charge is 2.55. The van der Waals surface area contributed by atoms with Gasteiger partial charge in [0.25, 0.3) is 0 Å². The zero-order valence-electron chi connectivity index (χ0n) is 10.1. The standard InChI is InChI=1S/C13H18O4/c1-12-10(14)5-8-15-11(12)9-16-13(17-12)6-3-2-4-7-13/h5,8,11H,2-4,6-7,9H2,1H3/t11?,12-/m0/s1. The van der Waals surface area contributed by atoms with Crippen molar-refractivity contribution < 1.29 is 19.0 Å². The van der Waals surface area contributed by atoms with Gasteiger partial charge in [-0.2, -0.15) is 0 Å². The summed E-state index contributed by atoms with van der Waals surface area (Å²) >= 11 is 0. The van der Waals surface area contributed by atoms with Crippen LogP contribution in [-0.4, -0.2) is 29.9 Å². The topological polar surface area (TPSA) is 44.8 Å². The van der Waals surface area contributed by atoms with E-state index in [-0.39, 0.29) is 11.9 Å². The Hall–Kier alpha value is -0.870. The van der Waals surface area contributed by atoms with Gasteiger partial charge in [0.15, 0.2) is 23.3 Å². The lowest BCUT2D eigenvalue weighted by Crippen LogP contribution is -2.63. The molecule has 4 nitrogen and oxygen atoms in total. The molecule has 0 aromatic heterocycles. The fourth-order valence-electron chi connectivity index (χ4n) is 2.94. The van der Waals surface area contributed by atoms with Crippen LogP contribution in [0.5, 0.6) is 0 Å². The third kappa shape index (κ3) is 1.70. The van der Waals surface area contributed by atoms with Gasteiger partial charge in [-0.15, -0.1) is 0 Å². The molecule has 4 heteroatoms. The van der Waals surface area contributed by atoms with Crippen molar-refractivity contribution in [3.8, 4) is 0 Å². The molecule has 3 rings (SSSR count). The average molecular weight is 238 g/mol. The van der Waals surface area contributed by atoms with Gasteiger partial charge < -0.3 is 14.2 Å². The number of rotatable bonds is 0. The first-order chi connectivity index (χ1) is 8.15. The van der Waals surface area contributed by atoms with E-state index in [0.29, 0.717) is 6.61 Å². The van der Waals surface area contributed by atoms with Gasteiger partial charge in [0.05, 0.1) is 12.9 Å². The molecule has 2 atom stereocenters. The molecule has 1 aliphatic carbocycles. The number of hydrogen-bond donors (Lipinski definition) is 0. The van der Waals surface area contributed by atoms with Gasteiger partial charge >= 0.3 is 0 Å². The Bertz CT molecular complexity index is 356. The van der Waals surface area contributed by atoms with E-state index < -0.39 is 11.4 Å². The van der Waals surface area contributed by atoms with Gasteiger partial charge in [-0.05, 0) is 19.8 Å². The third-order valence-corrected chi connectivity index (χ3v) is 4.08. The molecule has 0 radical (unpaired) electrons. The zero-order chi connectivity index (χ0) is 11.9. The van der Waals surface area contributed by atoms with E-state index in [1.807, 2.05) is 6.92 Å². The number of ketones is 1. The molecule has 2 fully saturated rings. The zero-order valence-corrected chi connectivity index (χ0v) is 10.1. The van der Waals surface area contributed by atoms with Crippen LogP contribution in [0.1, 0.15) is 39.0 Å². The SMILES string of the molecule is C[C@@]12OC3(CCCCC3)OCC1OC=CC2=O. The summed E-state index contributed by atoms with van der Waals surface area (Å²) in [6, 6.07) is 0. The fraction of sp³-hybridized carbons (Fsp3) is 0.769. The summed E-state index contributed by atoms with van der Waals surface area (Å²) in [6.07, 6.45) is 7.78. The van der Waals surface area contributed by atoms with E-state index in [2.05, 4.69) is 0 Å². The molecular weight excluding hydrogens is 220 g/mol. The van der Waals surface area contributed by atoms with Crippen molar-refractivity contribution >= 4 is 5.78 Å². The lowest BCUT2D eigenvalue weighted by molar-refractivity contribution is -0.352. The van der Waals surface area contributed by atoms with Crippen molar-refractivity contribution in [1.82, 2.24) is 0 Å². The van der Waals surface area contributed by atoms with E-state index in [9.17, 15) is 4.79 Å². The van der Waals surface area contributed by atoms with Crippen molar-refractivity contribution in [3.05, 3.63) is 12.3 Å². The third-order valence-electron chi connectivity index (χ3n) is 4.08. The Balaban J connectivity index is 1.86. The smallest absolute Gasteiger partial charge is 0.194 e. The molecule has 1 spiro atoms. The van der Waals surface area contributed by atoms with E-state index in [4.69, 9.17) is 14.2 Å². The van der Waals surface area contributed by atoms with Crippen molar-refractivity contribution in [3.63, 3.8) is 0 Å². The Labute approximate surface area is 101 Å². The highest BCUT2D eigenvalue weighted by atomic mass is 16.7. The Morgan fingerprint density at radius 3 is 2.82 bits per heavy atom. The minimum Gasteiger partial charge on any atom is -0.492 e. The maximum Gasteiger partial charge on any atom is 0.194 e. The normalized spacial score (nSPS) is 39.8.